The number of benzene rings is 2. The van der Waals surface area contributed by atoms with Crippen LogP contribution >= 0.6 is 23.1 Å². The summed E-state index contributed by atoms with van der Waals surface area (Å²) in [4.78, 5) is 0. The molecule has 2 aromatic carbocycles. The number of aromatic nitrogens is 2. The Hall–Kier alpha value is -1.19. The lowest BCUT2D eigenvalue weighted by Crippen LogP contribution is -1.76. The summed E-state index contributed by atoms with van der Waals surface area (Å²) in [7, 11) is 0. The molecule has 0 atom stereocenters. The van der Waals surface area contributed by atoms with Crippen LogP contribution in [0.3, 0.4) is 0 Å². The van der Waals surface area contributed by atoms with Gasteiger partial charge in [-0.3, -0.25) is 0 Å². The SMILES string of the molecule is Clc1cccc2ccc3snnc3c12. The zero-order valence-corrected chi connectivity index (χ0v) is 8.64. The molecule has 0 spiro atoms. The lowest BCUT2D eigenvalue weighted by atomic mass is 10.1. The normalized spacial score (nSPS) is 11.2. The van der Waals surface area contributed by atoms with Crippen molar-refractivity contribution in [1.29, 1.82) is 0 Å². The van der Waals surface area contributed by atoms with Crippen molar-refractivity contribution in [2.75, 3.05) is 0 Å². The number of hydrogen-bond acceptors (Lipinski definition) is 3. The van der Waals surface area contributed by atoms with Crippen molar-refractivity contribution in [3.63, 3.8) is 0 Å². The summed E-state index contributed by atoms with van der Waals surface area (Å²) in [5.41, 5.74) is 0.901. The average molecular weight is 221 g/mol. The second-order valence-electron chi connectivity index (χ2n) is 3.02. The Labute approximate surface area is 89.3 Å². The lowest BCUT2D eigenvalue weighted by molar-refractivity contribution is 1.20. The summed E-state index contributed by atoms with van der Waals surface area (Å²) in [6.07, 6.45) is 0. The van der Waals surface area contributed by atoms with Gasteiger partial charge in [0.2, 0.25) is 0 Å². The van der Waals surface area contributed by atoms with E-state index in [1.165, 1.54) is 11.5 Å². The number of hydrogen-bond donors (Lipinski definition) is 0. The van der Waals surface area contributed by atoms with E-state index in [-0.39, 0.29) is 0 Å². The monoisotopic (exact) mass is 220 g/mol. The highest BCUT2D eigenvalue weighted by molar-refractivity contribution is 7.13. The van der Waals surface area contributed by atoms with Crippen LogP contribution in [0, 0.1) is 0 Å². The smallest absolute Gasteiger partial charge is 0.115 e. The quantitative estimate of drug-likeness (QED) is 0.580. The molecule has 14 heavy (non-hydrogen) atoms. The van der Waals surface area contributed by atoms with Crippen LogP contribution in [-0.4, -0.2) is 9.59 Å². The topological polar surface area (TPSA) is 25.8 Å². The molecule has 68 valence electrons. The molecule has 0 saturated heterocycles. The minimum Gasteiger partial charge on any atom is -0.137 e. The molecular formula is C10H5ClN2S. The van der Waals surface area contributed by atoms with Gasteiger partial charge in [0.1, 0.15) is 5.52 Å². The van der Waals surface area contributed by atoms with Crippen LogP contribution in [0.1, 0.15) is 0 Å². The molecule has 0 aliphatic carbocycles. The molecule has 0 fully saturated rings. The molecule has 3 aromatic rings. The first-order valence-corrected chi connectivity index (χ1v) is 5.31. The van der Waals surface area contributed by atoms with E-state index in [1.807, 2.05) is 30.3 Å². The fraction of sp³-hybridized carbons (Fsp3) is 0. The predicted molar refractivity (Wildman–Crippen MR) is 59.9 cm³/mol. The fourth-order valence-corrected chi connectivity index (χ4v) is 2.42. The third kappa shape index (κ3) is 1.03. The highest BCUT2D eigenvalue weighted by atomic mass is 35.5. The second-order valence-corrected chi connectivity index (χ2v) is 4.22. The summed E-state index contributed by atoms with van der Waals surface area (Å²) < 4.78 is 5.00. The Morgan fingerprint density at radius 3 is 3.00 bits per heavy atom. The summed E-state index contributed by atoms with van der Waals surface area (Å²) in [6.45, 7) is 0. The van der Waals surface area contributed by atoms with Gasteiger partial charge in [0.25, 0.3) is 0 Å². The van der Waals surface area contributed by atoms with Gasteiger partial charge in [-0.1, -0.05) is 34.3 Å². The van der Waals surface area contributed by atoms with E-state index >= 15 is 0 Å². The minimum absolute atomic E-state index is 0.737. The Balaban J connectivity index is 2.67. The van der Waals surface area contributed by atoms with E-state index in [2.05, 4.69) is 9.59 Å². The number of nitrogens with zero attached hydrogens (tertiary/aromatic N) is 2. The fourth-order valence-electron chi connectivity index (χ4n) is 1.58. The number of rotatable bonds is 0. The predicted octanol–water partition coefficient (Wildman–Crippen LogP) is 3.50. The van der Waals surface area contributed by atoms with Gasteiger partial charge in [-0.15, -0.1) is 5.10 Å². The molecule has 0 bridgehead atoms. The molecular weight excluding hydrogens is 216 g/mol. The molecule has 0 aliphatic heterocycles. The maximum absolute atomic E-state index is 6.13. The second kappa shape index (κ2) is 2.90. The van der Waals surface area contributed by atoms with Crippen molar-refractivity contribution >= 4 is 44.1 Å². The molecule has 0 N–H and O–H groups in total. The van der Waals surface area contributed by atoms with E-state index in [0.29, 0.717) is 0 Å². The molecule has 3 rings (SSSR count). The zero-order valence-electron chi connectivity index (χ0n) is 7.07. The molecule has 2 nitrogen and oxygen atoms in total. The first-order valence-electron chi connectivity index (χ1n) is 4.15. The van der Waals surface area contributed by atoms with Crippen LogP contribution < -0.4 is 0 Å². The van der Waals surface area contributed by atoms with E-state index in [1.54, 1.807) is 0 Å². The minimum atomic E-state index is 0.737. The van der Waals surface area contributed by atoms with E-state index in [0.717, 1.165) is 26.0 Å². The van der Waals surface area contributed by atoms with Crippen LogP contribution in [-0.2, 0) is 0 Å². The van der Waals surface area contributed by atoms with Gasteiger partial charge in [0.15, 0.2) is 0 Å². The Morgan fingerprint density at radius 1 is 1.14 bits per heavy atom. The van der Waals surface area contributed by atoms with Gasteiger partial charge >= 0.3 is 0 Å². The average Bonchev–Trinajstić information content (AvgIpc) is 2.65. The standard InChI is InChI=1S/C10H5ClN2S/c11-7-3-1-2-6-4-5-8-10(9(6)7)12-13-14-8/h1-5H. The number of fused-ring (bicyclic) bond motifs is 3. The van der Waals surface area contributed by atoms with Gasteiger partial charge < -0.3 is 0 Å². The Bertz CT molecular complexity index is 618. The van der Waals surface area contributed by atoms with Crippen molar-refractivity contribution in [2.45, 2.75) is 0 Å². The maximum atomic E-state index is 6.13. The molecule has 0 saturated carbocycles. The van der Waals surface area contributed by atoms with Crippen LogP contribution in [0.25, 0.3) is 21.0 Å². The maximum Gasteiger partial charge on any atom is 0.115 e. The third-order valence-electron chi connectivity index (χ3n) is 2.21. The number of halogens is 1. The first-order chi connectivity index (χ1) is 6.86. The summed E-state index contributed by atoms with van der Waals surface area (Å²) in [5.74, 6) is 0. The van der Waals surface area contributed by atoms with E-state index in [4.69, 9.17) is 11.6 Å². The van der Waals surface area contributed by atoms with Gasteiger partial charge in [0, 0.05) is 5.39 Å². The van der Waals surface area contributed by atoms with Crippen molar-refractivity contribution in [1.82, 2.24) is 9.59 Å². The third-order valence-corrected chi connectivity index (χ3v) is 3.21. The molecule has 0 amide bonds. The summed E-state index contributed by atoms with van der Waals surface area (Å²) >= 11 is 7.52. The van der Waals surface area contributed by atoms with E-state index < -0.39 is 0 Å². The summed E-state index contributed by atoms with van der Waals surface area (Å²) in [5, 5.41) is 6.94. The van der Waals surface area contributed by atoms with Crippen LogP contribution in [0.2, 0.25) is 5.02 Å². The van der Waals surface area contributed by atoms with Gasteiger partial charge in [0.05, 0.1) is 9.72 Å². The molecule has 1 heterocycles. The van der Waals surface area contributed by atoms with E-state index in [9.17, 15) is 0 Å². The molecule has 4 heteroatoms. The van der Waals surface area contributed by atoms with Crippen molar-refractivity contribution in [2.24, 2.45) is 0 Å². The van der Waals surface area contributed by atoms with Gasteiger partial charge in [-0.25, -0.2) is 0 Å². The highest BCUT2D eigenvalue weighted by Gasteiger charge is 2.06. The van der Waals surface area contributed by atoms with Gasteiger partial charge in [-0.2, -0.15) is 0 Å². The largest absolute Gasteiger partial charge is 0.137 e. The molecule has 0 aliphatic rings. The van der Waals surface area contributed by atoms with Crippen molar-refractivity contribution in [3.8, 4) is 0 Å². The lowest BCUT2D eigenvalue weighted by Gasteiger charge is -1.99. The molecule has 1 aromatic heterocycles. The van der Waals surface area contributed by atoms with Crippen molar-refractivity contribution < 1.29 is 0 Å². The zero-order chi connectivity index (χ0) is 9.54. The van der Waals surface area contributed by atoms with Crippen LogP contribution in [0.4, 0.5) is 0 Å². The Morgan fingerprint density at radius 2 is 2.07 bits per heavy atom. The molecule has 0 unspecified atom stereocenters. The summed E-state index contributed by atoms with van der Waals surface area (Å²) in [6, 6.07) is 9.92. The Kier molecular flexibility index (Phi) is 1.69. The van der Waals surface area contributed by atoms with Crippen molar-refractivity contribution in [3.05, 3.63) is 35.4 Å². The van der Waals surface area contributed by atoms with Crippen LogP contribution in [0.15, 0.2) is 30.3 Å². The highest BCUT2D eigenvalue weighted by Crippen LogP contribution is 2.30. The first kappa shape index (κ1) is 8.15. The molecule has 0 radical (unpaired) electrons. The van der Waals surface area contributed by atoms with Crippen LogP contribution in [0.5, 0.6) is 0 Å². The van der Waals surface area contributed by atoms with Gasteiger partial charge in [-0.05, 0) is 29.1 Å².